The molecular formula is C16H26N4O2. The Labute approximate surface area is 131 Å². The molecule has 1 aromatic rings. The molecule has 6 heteroatoms. The van der Waals surface area contributed by atoms with E-state index in [-0.39, 0.29) is 5.56 Å². The molecule has 0 aliphatic carbocycles. The van der Waals surface area contributed by atoms with Crippen LogP contribution in [0.25, 0.3) is 0 Å². The first-order chi connectivity index (χ1) is 10.7. The Morgan fingerprint density at radius 1 is 1.36 bits per heavy atom. The molecule has 2 aliphatic heterocycles. The second-order valence-corrected chi connectivity index (χ2v) is 6.42. The maximum absolute atomic E-state index is 12.2. The zero-order chi connectivity index (χ0) is 15.4. The minimum atomic E-state index is -0.00687. The Morgan fingerprint density at radius 2 is 2.18 bits per heavy atom. The summed E-state index contributed by atoms with van der Waals surface area (Å²) in [4.78, 5) is 18.6. The topological polar surface area (TPSA) is 59.4 Å². The first-order valence-corrected chi connectivity index (χ1v) is 8.32. The number of hydrogen-bond acceptors (Lipinski definition) is 5. The summed E-state index contributed by atoms with van der Waals surface area (Å²) in [6.45, 7) is 4.64. The third-order valence-electron chi connectivity index (χ3n) is 4.76. The van der Waals surface area contributed by atoms with Crippen LogP contribution in [0.5, 0.6) is 0 Å². The molecule has 0 spiro atoms. The Balaban J connectivity index is 1.57. The highest BCUT2D eigenvalue weighted by Crippen LogP contribution is 2.17. The van der Waals surface area contributed by atoms with Crippen LogP contribution in [-0.4, -0.2) is 48.4 Å². The van der Waals surface area contributed by atoms with Crippen LogP contribution in [0.15, 0.2) is 17.2 Å². The molecule has 2 aliphatic rings. The van der Waals surface area contributed by atoms with E-state index in [2.05, 4.69) is 15.2 Å². The number of piperidine rings is 1. The minimum Gasteiger partial charge on any atom is -0.381 e. The van der Waals surface area contributed by atoms with Crippen LogP contribution in [0.1, 0.15) is 25.7 Å². The molecule has 1 N–H and O–H groups in total. The summed E-state index contributed by atoms with van der Waals surface area (Å²) < 4.78 is 7.01. The zero-order valence-corrected chi connectivity index (χ0v) is 13.3. The van der Waals surface area contributed by atoms with E-state index in [9.17, 15) is 4.79 Å². The summed E-state index contributed by atoms with van der Waals surface area (Å²) in [5.41, 5.74) is -0.00687. The zero-order valence-electron chi connectivity index (χ0n) is 13.3. The van der Waals surface area contributed by atoms with E-state index in [1.54, 1.807) is 24.0 Å². The van der Waals surface area contributed by atoms with Crippen molar-refractivity contribution in [3.05, 3.63) is 22.7 Å². The second-order valence-electron chi connectivity index (χ2n) is 6.42. The first-order valence-electron chi connectivity index (χ1n) is 8.32. The molecule has 0 saturated carbocycles. The fraction of sp³-hybridized carbons (Fsp3) is 0.750. The van der Waals surface area contributed by atoms with Gasteiger partial charge in [-0.1, -0.05) is 0 Å². The maximum atomic E-state index is 12.2. The Hall–Kier alpha value is -1.40. The molecule has 0 bridgehead atoms. The lowest BCUT2D eigenvalue weighted by Crippen LogP contribution is -2.49. The van der Waals surface area contributed by atoms with Crippen molar-refractivity contribution in [2.24, 2.45) is 13.0 Å². The SMILES string of the molecule is Cn1ccnc(N2CCC[C@@H](NCC3CCOCC3)C2)c1=O. The van der Waals surface area contributed by atoms with Gasteiger partial charge in [0.2, 0.25) is 0 Å². The molecule has 1 atom stereocenters. The predicted octanol–water partition coefficient (Wildman–Crippen LogP) is 0.765. The van der Waals surface area contributed by atoms with E-state index >= 15 is 0 Å². The summed E-state index contributed by atoms with van der Waals surface area (Å²) in [5.74, 6) is 1.31. The minimum absolute atomic E-state index is 0.00687. The normalized spacial score (nSPS) is 23.7. The number of ether oxygens (including phenoxy) is 1. The van der Waals surface area contributed by atoms with Crippen molar-refractivity contribution in [1.29, 1.82) is 0 Å². The van der Waals surface area contributed by atoms with Crippen molar-refractivity contribution in [2.75, 3.05) is 37.7 Å². The number of anilines is 1. The Bertz CT molecular complexity index is 539. The van der Waals surface area contributed by atoms with Crippen LogP contribution in [0.3, 0.4) is 0 Å². The van der Waals surface area contributed by atoms with Crippen molar-refractivity contribution in [3.8, 4) is 0 Å². The number of nitrogens with zero attached hydrogens (tertiary/aromatic N) is 3. The summed E-state index contributed by atoms with van der Waals surface area (Å²) in [6, 6.07) is 0.448. The molecule has 0 aromatic carbocycles. The monoisotopic (exact) mass is 306 g/mol. The third kappa shape index (κ3) is 3.67. The van der Waals surface area contributed by atoms with E-state index < -0.39 is 0 Å². The fourth-order valence-corrected chi connectivity index (χ4v) is 3.32. The second kappa shape index (κ2) is 7.24. The number of rotatable bonds is 4. The molecule has 2 saturated heterocycles. The van der Waals surface area contributed by atoms with Crippen LogP contribution < -0.4 is 15.8 Å². The summed E-state index contributed by atoms with van der Waals surface area (Å²) in [6.07, 6.45) is 8.00. The molecule has 3 heterocycles. The summed E-state index contributed by atoms with van der Waals surface area (Å²) in [7, 11) is 1.78. The molecule has 1 aromatic heterocycles. The van der Waals surface area contributed by atoms with Gasteiger partial charge in [0.25, 0.3) is 5.56 Å². The fourth-order valence-electron chi connectivity index (χ4n) is 3.32. The van der Waals surface area contributed by atoms with Gasteiger partial charge >= 0.3 is 0 Å². The van der Waals surface area contributed by atoms with E-state index in [4.69, 9.17) is 4.74 Å². The van der Waals surface area contributed by atoms with Gasteiger partial charge in [-0.15, -0.1) is 0 Å². The van der Waals surface area contributed by atoms with E-state index in [1.165, 1.54) is 6.42 Å². The van der Waals surface area contributed by atoms with Crippen molar-refractivity contribution >= 4 is 5.82 Å². The van der Waals surface area contributed by atoms with E-state index in [1.807, 2.05) is 0 Å². The standard InChI is InChI=1S/C16H26N4O2/c1-19-8-6-17-15(16(19)21)20-7-2-3-14(12-20)18-11-13-4-9-22-10-5-13/h6,8,13-14,18H,2-5,7,9-12H2,1H3/t14-/m1/s1. The molecule has 122 valence electrons. The van der Waals surface area contributed by atoms with Gasteiger partial charge in [0, 0.05) is 51.8 Å². The highest BCUT2D eigenvalue weighted by Gasteiger charge is 2.24. The molecule has 0 unspecified atom stereocenters. The van der Waals surface area contributed by atoms with Gasteiger partial charge in [0.15, 0.2) is 5.82 Å². The van der Waals surface area contributed by atoms with Gasteiger partial charge in [-0.25, -0.2) is 4.98 Å². The molecule has 2 fully saturated rings. The average Bonchev–Trinajstić information content (AvgIpc) is 2.57. The smallest absolute Gasteiger partial charge is 0.293 e. The Kier molecular flexibility index (Phi) is 5.10. The van der Waals surface area contributed by atoms with Crippen molar-refractivity contribution in [3.63, 3.8) is 0 Å². The van der Waals surface area contributed by atoms with Gasteiger partial charge in [-0.05, 0) is 38.1 Å². The molecular weight excluding hydrogens is 280 g/mol. The van der Waals surface area contributed by atoms with Gasteiger partial charge in [0.05, 0.1) is 0 Å². The van der Waals surface area contributed by atoms with Gasteiger partial charge in [-0.3, -0.25) is 4.79 Å². The predicted molar refractivity (Wildman–Crippen MR) is 86.3 cm³/mol. The van der Waals surface area contributed by atoms with Crippen molar-refractivity contribution in [1.82, 2.24) is 14.9 Å². The molecule has 6 nitrogen and oxygen atoms in total. The molecule has 0 radical (unpaired) electrons. The lowest BCUT2D eigenvalue weighted by molar-refractivity contribution is 0.0653. The number of nitrogens with one attached hydrogen (secondary N) is 1. The van der Waals surface area contributed by atoms with Gasteiger partial charge in [-0.2, -0.15) is 0 Å². The average molecular weight is 306 g/mol. The van der Waals surface area contributed by atoms with Gasteiger partial charge in [0.1, 0.15) is 0 Å². The third-order valence-corrected chi connectivity index (χ3v) is 4.76. The summed E-state index contributed by atoms with van der Waals surface area (Å²) in [5, 5.41) is 3.69. The number of hydrogen-bond donors (Lipinski definition) is 1. The van der Waals surface area contributed by atoms with Crippen LogP contribution in [-0.2, 0) is 11.8 Å². The quantitative estimate of drug-likeness (QED) is 0.890. The highest BCUT2D eigenvalue weighted by atomic mass is 16.5. The van der Waals surface area contributed by atoms with Crippen molar-refractivity contribution < 1.29 is 4.74 Å². The maximum Gasteiger partial charge on any atom is 0.293 e. The molecule has 3 rings (SSSR count). The number of aromatic nitrogens is 2. The van der Waals surface area contributed by atoms with Crippen LogP contribution in [0.4, 0.5) is 5.82 Å². The van der Waals surface area contributed by atoms with Crippen LogP contribution >= 0.6 is 0 Å². The molecule has 22 heavy (non-hydrogen) atoms. The lowest BCUT2D eigenvalue weighted by Gasteiger charge is -2.34. The van der Waals surface area contributed by atoms with Crippen molar-refractivity contribution in [2.45, 2.75) is 31.7 Å². The Morgan fingerprint density at radius 3 is 3.00 bits per heavy atom. The summed E-state index contributed by atoms with van der Waals surface area (Å²) >= 11 is 0. The molecule has 0 amide bonds. The number of aryl methyl sites for hydroxylation is 1. The van der Waals surface area contributed by atoms with E-state index in [0.717, 1.165) is 58.0 Å². The first kappa shape index (κ1) is 15.5. The van der Waals surface area contributed by atoms with Crippen LogP contribution in [0.2, 0.25) is 0 Å². The largest absolute Gasteiger partial charge is 0.381 e. The van der Waals surface area contributed by atoms with Gasteiger partial charge < -0.3 is 19.5 Å². The van der Waals surface area contributed by atoms with Crippen LogP contribution in [0, 0.1) is 5.92 Å². The van der Waals surface area contributed by atoms with E-state index in [0.29, 0.717) is 11.9 Å². The lowest BCUT2D eigenvalue weighted by atomic mass is 9.99. The highest BCUT2D eigenvalue weighted by molar-refractivity contribution is 5.36.